The Hall–Kier alpha value is -4.00. The van der Waals surface area contributed by atoms with E-state index in [1.165, 1.54) is 6.42 Å². The maximum absolute atomic E-state index is 14.3. The number of likely N-dealkylation sites (N-methyl/N-ethyl adjacent to an activating group) is 2. The summed E-state index contributed by atoms with van der Waals surface area (Å²) in [5, 5.41) is 29.6. The number of fused-ring (bicyclic) bond motifs is 2. The third kappa shape index (κ3) is 10.4. The largest absolute Gasteiger partial charge is 0.493 e. The number of hydrogen-bond acceptors (Lipinski definition) is 9. The zero-order chi connectivity index (χ0) is 41.6. The molecule has 4 N–H and O–H groups in total. The molecule has 11 nitrogen and oxygen atoms in total. The minimum absolute atomic E-state index is 0.0271. The predicted molar refractivity (Wildman–Crippen MR) is 226 cm³/mol. The van der Waals surface area contributed by atoms with Crippen LogP contribution in [0.25, 0.3) is 5.57 Å². The second-order valence-electron chi connectivity index (χ2n) is 17.4. The molecule has 2 aromatic carbocycles. The van der Waals surface area contributed by atoms with Crippen molar-refractivity contribution in [3.63, 3.8) is 0 Å². The molecule has 1 aliphatic heterocycles. The van der Waals surface area contributed by atoms with E-state index in [-0.39, 0.29) is 42.5 Å². The van der Waals surface area contributed by atoms with Crippen LogP contribution in [-0.4, -0.2) is 115 Å². The van der Waals surface area contributed by atoms with E-state index >= 15 is 0 Å². The number of benzene rings is 2. The third-order valence-electron chi connectivity index (χ3n) is 12.7. The molecule has 11 heteroatoms. The van der Waals surface area contributed by atoms with Gasteiger partial charge in [0.05, 0.1) is 25.9 Å². The third-order valence-corrected chi connectivity index (χ3v) is 12.7. The molecular formula is C46H67N5O6. The van der Waals surface area contributed by atoms with Gasteiger partial charge in [0.25, 0.3) is 0 Å². The Labute approximate surface area is 340 Å². The smallest absolute Gasteiger partial charge is 0.244 e. The maximum Gasteiger partial charge on any atom is 0.244 e. The van der Waals surface area contributed by atoms with Gasteiger partial charge in [-0.15, -0.1) is 0 Å². The number of allylic oxidation sites excluding steroid dienone is 3. The fourth-order valence-corrected chi connectivity index (χ4v) is 9.34. The van der Waals surface area contributed by atoms with E-state index < -0.39 is 24.2 Å². The van der Waals surface area contributed by atoms with Crippen molar-refractivity contribution in [1.82, 2.24) is 25.5 Å². The number of nitrogens with zero attached hydrogens (tertiary/aromatic N) is 3. The van der Waals surface area contributed by atoms with Crippen LogP contribution in [-0.2, 0) is 27.4 Å². The first kappa shape index (κ1) is 44.1. The molecule has 4 aliphatic rings. The van der Waals surface area contributed by atoms with Crippen molar-refractivity contribution in [3.8, 4) is 5.75 Å². The van der Waals surface area contributed by atoms with Gasteiger partial charge in [-0.25, -0.2) is 0 Å². The predicted octanol–water partition coefficient (Wildman–Crippen LogP) is 5.05. The number of ether oxygens (including phenoxy) is 1. The molecule has 4 fully saturated rings. The zero-order valence-corrected chi connectivity index (χ0v) is 35.6. The van der Waals surface area contributed by atoms with Crippen molar-refractivity contribution < 1.29 is 29.4 Å². The Morgan fingerprint density at radius 2 is 1.81 bits per heavy atom. The number of nitrogens with one attached hydrogen (secondary N) is 2. The first-order valence-electron chi connectivity index (χ1n) is 20.6. The van der Waals surface area contributed by atoms with Gasteiger partial charge in [0.15, 0.2) is 0 Å². The molecule has 3 aliphatic carbocycles. The van der Waals surface area contributed by atoms with Crippen molar-refractivity contribution in [2.24, 2.45) is 29.1 Å². The number of hydrogen-bond donors (Lipinski definition) is 4. The van der Waals surface area contributed by atoms with Crippen molar-refractivity contribution in [2.75, 3.05) is 47.9 Å². The summed E-state index contributed by atoms with van der Waals surface area (Å²) >= 11 is 0. The Morgan fingerprint density at radius 3 is 2.40 bits per heavy atom. The molecular weight excluding hydrogens is 719 g/mol. The summed E-state index contributed by atoms with van der Waals surface area (Å²) in [4.78, 5) is 38.2. The highest BCUT2D eigenvalue weighted by Gasteiger charge is 2.57. The second kappa shape index (κ2) is 19.2. The maximum atomic E-state index is 14.3. The molecule has 0 spiro atoms. The van der Waals surface area contributed by atoms with Gasteiger partial charge in [-0.2, -0.15) is 5.06 Å². The summed E-state index contributed by atoms with van der Waals surface area (Å²) in [7, 11) is 7.80. The van der Waals surface area contributed by atoms with Gasteiger partial charge in [-0.1, -0.05) is 75.9 Å². The molecule has 9 atom stereocenters. The fraction of sp³-hybridized carbons (Fsp3) is 0.565. The topological polar surface area (TPSA) is 127 Å². The van der Waals surface area contributed by atoms with Gasteiger partial charge >= 0.3 is 0 Å². The molecule has 2 amide bonds. The van der Waals surface area contributed by atoms with Crippen LogP contribution < -0.4 is 15.4 Å². The van der Waals surface area contributed by atoms with Crippen LogP contribution in [0.5, 0.6) is 5.75 Å². The molecule has 3 saturated carbocycles. The zero-order valence-electron chi connectivity index (χ0n) is 35.6. The Bertz CT molecular complexity index is 1760. The van der Waals surface area contributed by atoms with Crippen molar-refractivity contribution in [2.45, 2.75) is 90.8 Å². The summed E-state index contributed by atoms with van der Waals surface area (Å²) < 4.78 is 6.37. The van der Waals surface area contributed by atoms with Crippen LogP contribution in [0.2, 0.25) is 0 Å². The van der Waals surface area contributed by atoms with Crippen LogP contribution in [0.1, 0.15) is 64.2 Å². The van der Waals surface area contributed by atoms with E-state index in [4.69, 9.17) is 9.57 Å². The molecule has 2 bridgehead atoms. The highest BCUT2D eigenvalue weighted by Crippen LogP contribution is 2.61. The van der Waals surface area contributed by atoms with Gasteiger partial charge in [-0.3, -0.25) is 14.4 Å². The number of aliphatic hydroxyl groups is 2. The van der Waals surface area contributed by atoms with Crippen LogP contribution >= 0.6 is 0 Å². The van der Waals surface area contributed by atoms with Gasteiger partial charge in [0.1, 0.15) is 17.9 Å². The number of carbonyl (C=O) groups excluding carboxylic acids is 2. The highest BCUT2D eigenvalue weighted by atomic mass is 16.7. The number of hydroxylamine groups is 2. The molecule has 1 heterocycles. The lowest BCUT2D eigenvalue weighted by atomic mass is 9.45. The molecule has 312 valence electrons. The van der Waals surface area contributed by atoms with Crippen molar-refractivity contribution in [1.29, 1.82) is 0 Å². The summed E-state index contributed by atoms with van der Waals surface area (Å²) in [6.07, 6.45) is 6.38. The number of para-hydroxylation sites is 1. The minimum atomic E-state index is -0.912. The molecule has 0 unspecified atom stereocenters. The lowest BCUT2D eigenvalue weighted by Crippen LogP contribution is -2.62. The summed E-state index contributed by atoms with van der Waals surface area (Å²) in [5.41, 5.74) is 4.33. The summed E-state index contributed by atoms with van der Waals surface area (Å²) in [5.74, 6) is 0.921. The van der Waals surface area contributed by atoms with Gasteiger partial charge < -0.3 is 35.4 Å². The summed E-state index contributed by atoms with van der Waals surface area (Å²) in [6.45, 7) is 15.6. The minimum Gasteiger partial charge on any atom is -0.493 e. The molecule has 1 saturated heterocycles. The lowest BCUT2D eigenvalue weighted by molar-refractivity contribution is -0.183. The molecule has 57 heavy (non-hydrogen) atoms. The van der Waals surface area contributed by atoms with E-state index in [1.807, 2.05) is 82.5 Å². The highest BCUT2D eigenvalue weighted by molar-refractivity contribution is 5.92. The van der Waals surface area contributed by atoms with Gasteiger partial charge in [0.2, 0.25) is 11.8 Å². The number of amides is 2. The molecule has 6 rings (SSSR count). The van der Waals surface area contributed by atoms with E-state index in [2.05, 4.69) is 55.0 Å². The average molecular weight is 786 g/mol. The van der Waals surface area contributed by atoms with Crippen LogP contribution in [0.15, 0.2) is 79.0 Å². The van der Waals surface area contributed by atoms with Crippen molar-refractivity contribution >= 4 is 17.4 Å². The standard InChI is InChI=1S/C46H67N5O6/c1-11-56-44-34(26-51-43(42(31(4)53)40(28-52)57-51)45(55)48-39-25-35-24-38(30(39)3)46(35,5)6)18-15-19-37(44)33(22-29(2)50(9)10)20-21-41(54)47-36(27-49(7)8)23-32-16-13-12-14-17-32/h12-22,30-31,35-36,38-40,42-43,52-53H,2,11,23-28H2,1,3-10H3,(H,47,54)(H,48,55)/b21-20+,33-22+/t30-,31-,35-,36+,38+,39-,40-,42+,43-/m0/s1. The fourth-order valence-electron chi connectivity index (χ4n) is 9.34. The average Bonchev–Trinajstić information content (AvgIpc) is 3.53. The normalized spacial score (nSPS) is 26.8. The molecule has 0 radical (unpaired) electrons. The van der Waals surface area contributed by atoms with Crippen LogP contribution in [0.3, 0.4) is 0 Å². The lowest BCUT2D eigenvalue weighted by Gasteiger charge is -2.62. The Morgan fingerprint density at radius 1 is 1.09 bits per heavy atom. The quantitative estimate of drug-likeness (QED) is 0.121. The van der Waals surface area contributed by atoms with Crippen LogP contribution in [0.4, 0.5) is 0 Å². The molecule has 2 aromatic rings. The Balaban J connectivity index is 1.44. The summed E-state index contributed by atoms with van der Waals surface area (Å²) in [6, 6.07) is 15.0. The van der Waals surface area contributed by atoms with E-state index in [0.717, 1.165) is 28.8 Å². The first-order valence-corrected chi connectivity index (χ1v) is 20.6. The van der Waals surface area contributed by atoms with E-state index in [0.29, 0.717) is 48.6 Å². The first-order chi connectivity index (χ1) is 27.0. The SMILES string of the molecule is C=C(/C=C(\C=C\C(=O)N[C@H](Cc1ccccc1)CN(C)C)c1cccc(CN2O[C@@H](CO)[C@@H]([C@H](C)O)[C@H]2C(=O)N[C@H]2C[C@@H]3C[C@H]([C@@H]2C)C3(C)C)c1OCC)N(C)C. The van der Waals surface area contributed by atoms with Crippen molar-refractivity contribution in [3.05, 3.63) is 95.7 Å². The van der Waals surface area contributed by atoms with Gasteiger partial charge in [0, 0.05) is 61.5 Å². The van der Waals surface area contributed by atoms with Gasteiger partial charge in [-0.05, 0) is 93.7 Å². The van der Waals surface area contributed by atoms with E-state index in [1.54, 1.807) is 24.1 Å². The number of aliphatic hydroxyl groups excluding tert-OH is 2. The second-order valence-corrected chi connectivity index (χ2v) is 17.4. The number of carbonyl (C=O) groups is 2. The monoisotopic (exact) mass is 786 g/mol. The number of rotatable bonds is 18. The van der Waals surface area contributed by atoms with Crippen LogP contribution in [0, 0.1) is 29.1 Å². The Kier molecular flexibility index (Phi) is 14.8. The molecule has 0 aromatic heterocycles. The van der Waals surface area contributed by atoms with E-state index in [9.17, 15) is 19.8 Å².